The van der Waals surface area contributed by atoms with Crippen molar-refractivity contribution in [3.8, 4) is 0 Å². The summed E-state index contributed by atoms with van der Waals surface area (Å²) in [6, 6.07) is 8.99. The molecule has 0 amide bonds. The molecule has 0 nitrogen and oxygen atoms in total. The molecule has 1 heteroatoms. The van der Waals surface area contributed by atoms with E-state index in [4.69, 9.17) is 11.6 Å². The molecule has 20 heavy (non-hydrogen) atoms. The molecule has 0 radical (unpaired) electrons. The Balaban J connectivity index is 2.54. The summed E-state index contributed by atoms with van der Waals surface area (Å²) in [5.41, 5.74) is 2.75. The van der Waals surface area contributed by atoms with Crippen LogP contribution in [0.5, 0.6) is 0 Å². The molecule has 1 atom stereocenters. The van der Waals surface area contributed by atoms with E-state index in [1.807, 2.05) is 0 Å². The van der Waals surface area contributed by atoms with Crippen molar-refractivity contribution in [2.45, 2.75) is 83.4 Å². The van der Waals surface area contributed by atoms with Crippen LogP contribution in [0.3, 0.4) is 0 Å². The molecular formula is C19H31Cl. The van der Waals surface area contributed by atoms with Crippen LogP contribution in [0, 0.1) is 0 Å². The summed E-state index contributed by atoms with van der Waals surface area (Å²) in [7, 11) is 0. The molecule has 0 spiro atoms. The zero-order chi connectivity index (χ0) is 14.6. The van der Waals surface area contributed by atoms with Gasteiger partial charge >= 0.3 is 0 Å². The predicted octanol–water partition coefficient (Wildman–Crippen LogP) is 7.06. The lowest BCUT2D eigenvalue weighted by atomic mass is 9.88. The van der Waals surface area contributed by atoms with Crippen LogP contribution >= 0.6 is 11.6 Å². The quantitative estimate of drug-likeness (QED) is 0.303. The van der Waals surface area contributed by atoms with E-state index in [0.717, 1.165) is 5.92 Å². The Bertz CT molecular complexity index is 328. The third kappa shape index (κ3) is 6.79. The molecule has 0 aliphatic carbocycles. The van der Waals surface area contributed by atoms with Crippen LogP contribution in [0.1, 0.15) is 88.7 Å². The van der Waals surface area contributed by atoms with Crippen molar-refractivity contribution >= 4 is 11.6 Å². The number of hydrogen-bond donors (Lipinski definition) is 0. The van der Waals surface area contributed by atoms with E-state index < -0.39 is 0 Å². The summed E-state index contributed by atoms with van der Waals surface area (Å²) in [5.74, 6) is 1.37. The van der Waals surface area contributed by atoms with Gasteiger partial charge in [-0.25, -0.2) is 0 Å². The van der Waals surface area contributed by atoms with Gasteiger partial charge in [-0.3, -0.25) is 0 Å². The molecule has 0 fully saturated rings. The van der Waals surface area contributed by atoms with Gasteiger partial charge in [-0.05, 0) is 29.9 Å². The van der Waals surface area contributed by atoms with Crippen LogP contribution in [-0.2, 0) is 5.88 Å². The summed E-state index contributed by atoms with van der Waals surface area (Å²) in [6.45, 7) is 4.56. The fourth-order valence-corrected chi connectivity index (χ4v) is 2.99. The van der Waals surface area contributed by atoms with Crippen molar-refractivity contribution in [3.05, 3.63) is 35.4 Å². The molecule has 0 aliphatic heterocycles. The van der Waals surface area contributed by atoms with Crippen LogP contribution in [0.2, 0.25) is 0 Å². The molecule has 0 bridgehead atoms. The zero-order valence-electron chi connectivity index (χ0n) is 13.3. The molecule has 0 aromatic heterocycles. The van der Waals surface area contributed by atoms with Crippen LogP contribution in [0.4, 0.5) is 0 Å². The molecule has 114 valence electrons. The molecule has 1 aromatic carbocycles. The van der Waals surface area contributed by atoms with Crippen LogP contribution in [0.15, 0.2) is 24.3 Å². The van der Waals surface area contributed by atoms with Crippen molar-refractivity contribution in [2.75, 3.05) is 0 Å². The fourth-order valence-electron chi connectivity index (χ4n) is 2.81. The highest BCUT2D eigenvalue weighted by atomic mass is 35.5. The number of rotatable bonds is 11. The van der Waals surface area contributed by atoms with Crippen LogP contribution in [-0.4, -0.2) is 0 Å². The normalized spacial score (nSPS) is 12.6. The second-order valence-corrected chi connectivity index (χ2v) is 6.18. The van der Waals surface area contributed by atoms with Crippen molar-refractivity contribution in [2.24, 2.45) is 0 Å². The van der Waals surface area contributed by atoms with Crippen LogP contribution < -0.4 is 0 Å². The monoisotopic (exact) mass is 294 g/mol. The topological polar surface area (TPSA) is 0 Å². The van der Waals surface area contributed by atoms with E-state index in [1.54, 1.807) is 0 Å². The minimum Gasteiger partial charge on any atom is -0.122 e. The second-order valence-electron chi connectivity index (χ2n) is 5.92. The first kappa shape index (κ1) is 17.6. The van der Waals surface area contributed by atoms with Crippen molar-refractivity contribution in [3.63, 3.8) is 0 Å². The smallest absolute Gasteiger partial charge is 0.0474 e. The highest BCUT2D eigenvalue weighted by Crippen LogP contribution is 2.28. The van der Waals surface area contributed by atoms with Gasteiger partial charge in [-0.15, -0.1) is 11.6 Å². The van der Waals surface area contributed by atoms with Gasteiger partial charge in [0.05, 0.1) is 0 Å². The van der Waals surface area contributed by atoms with E-state index in [1.165, 1.54) is 68.9 Å². The zero-order valence-corrected chi connectivity index (χ0v) is 14.1. The van der Waals surface area contributed by atoms with Gasteiger partial charge in [-0.2, -0.15) is 0 Å². The lowest BCUT2D eigenvalue weighted by molar-refractivity contribution is 0.501. The van der Waals surface area contributed by atoms with Crippen LogP contribution in [0.25, 0.3) is 0 Å². The van der Waals surface area contributed by atoms with E-state index >= 15 is 0 Å². The highest BCUT2D eigenvalue weighted by Gasteiger charge is 2.11. The van der Waals surface area contributed by atoms with Gasteiger partial charge in [0, 0.05) is 5.88 Å². The number of benzene rings is 1. The minimum atomic E-state index is 0.622. The van der Waals surface area contributed by atoms with E-state index in [2.05, 4.69) is 38.1 Å². The third-order valence-electron chi connectivity index (χ3n) is 4.17. The Kier molecular flexibility index (Phi) is 9.83. The molecular weight excluding hydrogens is 264 g/mol. The first-order chi connectivity index (χ1) is 9.81. The summed E-state index contributed by atoms with van der Waals surface area (Å²) in [5, 5.41) is 0. The van der Waals surface area contributed by atoms with E-state index in [0.29, 0.717) is 5.88 Å². The Morgan fingerprint density at radius 3 is 1.90 bits per heavy atom. The lowest BCUT2D eigenvalue weighted by Crippen LogP contribution is -2.00. The Morgan fingerprint density at radius 2 is 1.35 bits per heavy atom. The molecule has 0 aliphatic rings. The standard InChI is InChI=1S/C19H31Cl/c1-3-5-7-9-11-18(10-8-6-4-2)19-14-12-17(16-20)13-15-19/h12-15,18H,3-11,16H2,1-2H3. The third-order valence-corrected chi connectivity index (χ3v) is 4.48. The number of hydrogen-bond acceptors (Lipinski definition) is 0. The Labute approximate surface area is 130 Å². The molecule has 0 N–H and O–H groups in total. The Morgan fingerprint density at radius 1 is 0.800 bits per heavy atom. The van der Waals surface area contributed by atoms with Gasteiger partial charge in [-0.1, -0.05) is 83.1 Å². The number of unbranched alkanes of at least 4 members (excludes halogenated alkanes) is 5. The van der Waals surface area contributed by atoms with Gasteiger partial charge in [0.1, 0.15) is 0 Å². The second kappa shape index (κ2) is 11.2. The summed E-state index contributed by atoms with van der Waals surface area (Å²) >= 11 is 5.88. The first-order valence-corrected chi connectivity index (χ1v) is 9.00. The fraction of sp³-hybridized carbons (Fsp3) is 0.684. The van der Waals surface area contributed by atoms with Crippen molar-refractivity contribution in [1.29, 1.82) is 0 Å². The number of halogens is 1. The highest BCUT2D eigenvalue weighted by molar-refractivity contribution is 6.17. The van der Waals surface area contributed by atoms with E-state index in [9.17, 15) is 0 Å². The molecule has 0 heterocycles. The van der Waals surface area contributed by atoms with Gasteiger partial charge in [0.15, 0.2) is 0 Å². The summed E-state index contributed by atoms with van der Waals surface area (Å²) in [4.78, 5) is 0. The SMILES string of the molecule is CCCCCCC(CCCCC)c1ccc(CCl)cc1. The molecule has 0 saturated carbocycles. The maximum absolute atomic E-state index is 5.88. The van der Waals surface area contributed by atoms with Crippen molar-refractivity contribution in [1.82, 2.24) is 0 Å². The average Bonchev–Trinajstić information content (AvgIpc) is 2.50. The lowest BCUT2D eigenvalue weighted by Gasteiger charge is -2.18. The van der Waals surface area contributed by atoms with Gasteiger partial charge < -0.3 is 0 Å². The van der Waals surface area contributed by atoms with Crippen molar-refractivity contribution < 1.29 is 0 Å². The Hall–Kier alpha value is -0.490. The largest absolute Gasteiger partial charge is 0.122 e. The maximum Gasteiger partial charge on any atom is 0.0474 e. The van der Waals surface area contributed by atoms with Gasteiger partial charge in [0.25, 0.3) is 0 Å². The molecule has 0 saturated heterocycles. The molecule has 1 unspecified atom stereocenters. The molecule has 1 rings (SSSR count). The maximum atomic E-state index is 5.88. The summed E-state index contributed by atoms with van der Waals surface area (Å²) in [6.07, 6.45) is 12.2. The summed E-state index contributed by atoms with van der Waals surface area (Å²) < 4.78 is 0. The predicted molar refractivity (Wildman–Crippen MR) is 91.6 cm³/mol. The average molecular weight is 295 g/mol. The first-order valence-electron chi connectivity index (χ1n) is 8.46. The van der Waals surface area contributed by atoms with E-state index in [-0.39, 0.29) is 0 Å². The minimum absolute atomic E-state index is 0.622. The van der Waals surface area contributed by atoms with Gasteiger partial charge in [0.2, 0.25) is 0 Å². The number of alkyl halides is 1. The molecule has 1 aromatic rings.